The normalized spacial score (nSPS) is 11.1. The summed E-state index contributed by atoms with van der Waals surface area (Å²) in [5.41, 5.74) is -0.268. The van der Waals surface area contributed by atoms with Crippen LogP contribution in [0.3, 0.4) is 0 Å². The topological polar surface area (TPSA) is 46.6 Å². The molecule has 0 N–H and O–H groups in total. The van der Waals surface area contributed by atoms with Gasteiger partial charge in [-0.25, -0.2) is 0 Å². The fourth-order valence-corrected chi connectivity index (χ4v) is 1.61. The molecule has 0 saturated heterocycles. The Morgan fingerprint density at radius 2 is 1.76 bits per heavy atom. The first kappa shape index (κ1) is 17.0. The van der Waals surface area contributed by atoms with Crippen LogP contribution >= 0.6 is 0 Å². The van der Waals surface area contributed by atoms with Crippen molar-refractivity contribution in [1.82, 2.24) is 4.90 Å². The first-order chi connectivity index (χ1) is 9.74. The Balaban J connectivity index is 2.56. The van der Waals surface area contributed by atoms with E-state index in [0.29, 0.717) is 5.56 Å². The van der Waals surface area contributed by atoms with Crippen LogP contribution in [-0.4, -0.2) is 37.5 Å². The molecule has 1 aromatic carbocycles. The molecule has 0 heterocycles. The molecule has 21 heavy (non-hydrogen) atoms. The van der Waals surface area contributed by atoms with Gasteiger partial charge in [0.05, 0.1) is 25.5 Å². The van der Waals surface area contributed by atoms with E-state index in [-0.39, 0.29) is 25.3 Å². The molecule has 0 spiro atoms. The second-order valence-electron chi connectivity index (χ2n) is 4.51. The second-order valence-corrected chi connectivity index (χ2v) is 4.51. The summed E-state index contributed by atoms with van der Waals surface area (Å²) in [6.45, 7) is 0.201. The Kier molecular flexibility index (Phi) is 5.75. The van der Waals surface area contributed by atoms with E-state index in [0.717, 1.165) is 12.1 Å². The van der Waals surface area contributed by atoms with Crippen LogP contribution in [0.5, 0.6) is 0 Å². The molecular weight excluding hydrogens is 287 g/mol. The third kappa shape index (κ3) is 5.45. The van der Waals surface area contributed by atoms with Gasteiger partial charge in [-0.2, -0.15) is 13.2 Å². The number of esters is 1. The van der Waals surface area contributed by atoms with Crippen molar-refractivity contribution in [3.8, 4) is 0 Å². The van der Waals surface area contributed by atoms with E-state index < -0.39 is 17.7 Å². The highest BCUT2D eigenvalue weighted by Crippen LogP contribution is 2.29. The minimum Gasteiger partial charge on any atom is -0.469 e. The van der Waals surface area contributed by atoms with E-state index in [1.165, 1.54) is 31.2 Å². The molecule has 0 aliphatic rings. The number of hydrogen-bond donors (Lipinski definition) is 0. The second kappa shape index (κ2) is 7.10. The summed E-state index contributed by atoms with van der Waals surface area (Å²) >= 11 is 0. The number of nitrogens with zero attached hydrogens (tertiary/aromatic N) is 1. The largest absolute Gasteiger partial charge is 0.469 e. The third-order valence-electron chi connectivity index (χ3n) is 2.94. The minimum atomic E-state index is -4.39. The summed E-state index contributed by atoms with van der Waals surface area (Å²) in [6, 6.07) is 4.43. The molecule has 1 amide bonds. The molecular formula is C14H16F3NO3. The van der Waals surface area contributed by atoms with Crippen LogP contribution in [-0.2, 0) is 26.9 Å². The molecule has 0 bridgehead atoms. The van der Waals surface area contributed by atoms with Crippen molar-refractivity contribution in [3.63, 3.8) is 0 Å². The number of carbonyl (C=O) groups excluding carboxylic acids is 2. The maximum atomic E-state index is 12.4. The molecule has 7 heteroatoms. The number of likely N-dealkylation sites (N-methyl/N-ethyl adjacent to an activating group) is 1. The monoisotopic (exact) mass is 303 g/mol. The zero-order valence-corrected chi connectivity index (χ0v) is 11.7. The fourth-order valence-electron chi connectivity index (χ4n) is 1.61. The number of amides is 1. The van der Waals surface area contributed by atoms with E-state index in [4.69, 9.17) is 0 Å². The first-order valence-corrected chi connectivity index (χ1v) is 6.21. The van der Waals surface area contributed by atoms with Gasteiger partial charge in [0.2, 0.25) is 5.91 Å². The van der Waals surface area contributed by atoms with E-state index in [1.807, 2.05) is 0 Å². The standard InChI is InChI=1S/C14H16F3NO3/c1-18(8-7-13(20)21-2)12(19)9-10-3-5-11(6-4-10)14(15,16)17/h3-6H,7-9H2,1-2H3. The van der Waals surface area contributed by atoms with Crippen LogP contribution in [0.15, 0.2) is 24.3 Å². The molecule has 0 radical (unpaired) electrons. The quantitative estimate of drug-likeness (QED) is 0.784. The van der Waals surface area contributed by atoms with Crippen molar-refractivity contribution in [3.05, 3.63) is 35.4 Å². The summed E-state index contributed by atoms with van der Waals surface area (Å²) in [5.74, 6) is -0.706. The predicted octanol–water partition coefficient (Wildman–Crippen LogP) is 2.27. The molecule has 1 rings (SSSR count). The highest BCUT2D eigenvalue weighted by atomic mass is 19.4. The van der Waals surface area contributed by atoms with Crippen molar-refractivity contribution in [1.29, 1.82) is 0 Å². The highest BCUT2D eigenvalue weighted by Gasteiger charge is 2.30. The van der Waals surface area contributed by atoms with Gasteiger partial charge in [-0.05, 0) is 17.7 Å². The fraction of sp³-hybridized carbons (Fsp3) is 0.429. The number of methoxy groups -OCH3 is 1. The van der Waals surface area contributed by atoms with Crippen LogP contribution in [0.2, 0.25) is 0 Å². The lowest BCUT2D eigenvalue weighted by molar-refractivity contribution is -0.141. The molecule has 1 aromatic rings. The van der Waals surface area contributed by atoms with Crippen molar-refractivity contribution in [2.75, 3.05) is 20.7 Å². The van der Waals surface area contributed by atoms with Gasteiger partial charge in [0.25, 0.3) is 0 Å². The Morgan fingerprint density at radius 1 is 1.19 bits per heavy atom. The number of benzene rings is 1. The Hall–Kier alpha value is -2.05. The number of ether oxygens (including phenoxy) is 1. The van der Waals surface area contributed by atoms with Gasteiger partial charge < -0.3 is 9.64 Å². The van der Waals surface area contributed by atoms with Gasteiger partial charge in [0.15, 0.2) is 0 Å². The maximum Gasteiger partial charge on any atom is 0.416 e. The summed E-state index contributed by atoms with van der Waals surface area (Å²) < 4.78 is 41.7. The molecule has 0 aliphatic carbocycles. The highest BCUT2D eigenvalue weighted by molar-refractivity contribution is 5.79. The minimum absolute atomic E-state index is 0.0180. The molecule has 0 aromatic heterocycles. The lowest BCUT2D eigenvalue weighted by Gasteiger charge is -2.16. The van der Waals surface area contributed by atoms with Crippen molar-refractivity contribution >= 4 is 11.9 Å². The van der Waals surface area contributed by atoms with Crippen molar-refractivity contribution < 1.29 is 27.5 Å². The Labute approximate surface area is 120 Å². The van der Waals surface area contributed by atoms with Crippen LogP contribution in [0.4, 0.5) is 13.2 Å². The smallest absolute Gasteiger partial charge is 0.416 e. The van der Waals surface area contributed by atoms with Crippen molar-refractivity contribution in [2.24, 2.45) is 0 Å². The number of alkyl halides is 3. The predicted molar refractivity (Wildman–Crippen MR) is 69.4 cm³/mol. The van der Waals surface area contributed by atoms with E-state index in [2.05, 4.69) is 4.74 Å². The van der Waals surface area contributed by atoms with Crippen LogP contribution < -0.4 is 0 Å². The van der Waals surface area contributed by atoms with E-state index >= 15 is 0 Å². The lowest BCUT2D eigenvalue weighted by Crippen LogP contribution is -2.30. The molecule has 0 aliphatic heterocycles. The van der Waals surface area contributed by atoms with Gasteiger partial charge in [0.1, 0.15) is 0 Å². The average molecular weight is 303 g/mol. The van der Waals surface area contributed by atoms with E-state index in [1.54, 1.807) is 0 Å². The number of hydrogen-bond acceptors (Lipinski definition) is 3. The van der Waals surface area contributed by atoms with Crippen LogP contribution in [0, 0.1) is 0 Å². The van der Waals surface area contributed by atoms with Crippen molar-refractivity contribution in [2.45, 2.75) is 19.0 Å². The van der Waals surface area contributed by atoms with Gasteiger partial charge in [-0.1, -0.05) is 12.1 Å². The van der Waals surface area contributed by atoms with Gasteiger partial charge in [0, 0.05) is 13.6 Å². The van der Waals surface area contributed by atoms with Gasteiger partial charge in [-0.15, -0.1) is 0 Å². The summed E-state index contributed by atoms with van der Waals surface area (Å²) in [7, 11) is 2.78. The Morgan fingerprint density at radius 3 is 2.24 bits per heavy atom. The lowest BCUT2D eigenvalue weighted by atomic mass is 10.1. The first-order valence-electron chi connectivity index (χ1n) is 6.21. The zero-order valence-electron chi connectivity index (χ0n) is 11.7. The van der Waals surface area contributed by atoms with E-state index in [9.17, 15) is 22.8 Å². The molecule has 0 unspecified atom stereocenters. The maximum absolute atomic E-state index is 12.4. The molecule has 0 atom stereocenters. The number of halogens is 3. The van der Waals surface area contributed by atoms with Gasteiger partial charge >= 0.3 is 12.1 Å². The zero-order chi connectivity index (χ0) is 16.0. The average Bonchev–Trinajstić information content (AvgIpc) is 2.43. The Bertz CT molecular complexity index is 497. The van der Waals surface area contributed by atoms with Gasteiger partial charge in [-0.3, -0.25) is 9.59 Å². The molecule has 4 nitrogen and oxygen atoms in total. The SMILES string of the molecule is COC(=O)CCN(C)C(=O)Cc1ccc(C(F)(F)F)cc1. The summed E-state index contributed by atoms with van der Waals surface area (Å²) in [4.78, 5) is 24.2. The van der Waals surface area contributed by atoms with Crippen LogP contribution in [0.25, 0.3) is 0 Å². The van der Waals surface area contributed by atoms with Crippen LogP contribution in [0.1, 0.15) is 17.5 Å². The molecule has 116 valence electrons. The third-order valence-corrected chi connectivity index (χ3v) is 2.94. The molecule has 0 saturated carbocycles. The summed E-state index contributed by atoms with van der Waals surface area (Å²) in [5, 5.41) is 0. The molecule has 0 fully saturated rings. The number of carbonyl (C=O) groups is 2. The summed E-state index contributed by atoms with van der Waals surface area (Å²) in [6.07, 6.45) is -4.33. The number of rotatable bonds is 5.